The second-order valence-electron chi connectivity index (χ2n) is 4.97. The van der Waals surface area contributed by atoms with Gasteiger partial charge in [0, 0.05) is 18.6 Å². The van der Waals surface area contributed by atoms with Crippen molar-refractivity contribution < 1.29 is 23.9 Å². The Hall–Kier alpha value is -0.135. The Morgan fingerprint density at radius 2 is 1.47 bits per heavy atom. The fourth-order valence-corrected chi connectivity index (χ4v) is 1.72. The first-order valence-corrected chi connectivity index (χ1v) is 5.62. The van der Waals surface area contributed by atoms with Crippen LogP contribution < -0.4 is 5.32 Å². The van der Waals surface area contributed by atoms with Gasteiger partial charge < -0.3 is 23.9 Å². The van der Waals surface area contributed by atoms with Gasteiger partial charge in [0.25, 0.3) is 0 Å². The minimum Gasteiger partial charge on any atom is -0.518 e. The molecule has 2 aliphatic heterocycles. The third kappa shape index (κ3) is 2.92. The third-order valence-electron chi connectivity index (χ3n) is 2.64. The van der Waals surface area contributed by atoms with E-state index in [1.165, 1.54) is 0 Å². The van der Waals surface area contributed by atoms with Crippen LogP contribution in [0.2, 0.25) is 0 Å². The normalized spacial score (nSPS) is 30.8. The maximum atomic E-state index is 5.64. The van der Waals surface area contributed by atoms with Crippen molar-refractivity contribution in [2.24, 2.45) is 5.41 Å². The molecule has 0 aliphatic carbocycles. The van der Waals surface area contributed by atoms with E-state index < -0.39 is 6.96 Å². The molecule has 88 valence electrons. The molecule has 0 bridgehead atoms. The van der Waals surface area contributed by atoms with E-state index in [2.05, 4.69) is 19.2 Å². The van der Waals surface area contributed by atoms with E-state index in [9.17, 15) is 0 Å². The molecule has 5 nitrogen and oxygen atoms in total. The Bertz CT molecular complexity index is 204. The van der Waals surface area contributed by atoms with Crippen molar-refractivity contribution in [3.05, 3.63) is 0 Å². The van der Waals surface area contributed by atoms with Gasteiger partial charge in [0.05, 0.1) is 26.3 Å². The third-order valence-corrected chi connectivity index (χ3v) is 2.64. The predicted molar refractivity (Wildman–Crippen MR) is 55.0 cm³/mol. The van der Waals surface area contributed by atoms with E-state index in [0.29, 0.717) is 26.4 Å². The first kappa shape index (κ1) is 11.4. The minimum atomic E-state index is -1.92. The molecule has 2 fully saturated rings. The highest BCUT2D eigenvalue weighted by atomic mass is 16.9. The van der Waals surface area contributed by atoms with Crippen LogP contribution in [0.3, 0.4) is 0 Å². The van der Waals surface area contributed by atoms with Crippen LogP contribution in [0.15, 0.2) is 0 Å². The van der Waals surface area contributed by atoms with Crippen LogP contribution in [-0.2, 0) is 18.6 Å². The van der Waals surface area contributed by atoms with Crippen molar-refractivity contribution in [2.45, 2.75) is 13.8 Å². The van der Waals surface area contributed by atoms with Crippen molar-refractivity contribution in [3.63, 3.8) is 0 Å². The van der Waals surface area contributed by atoms with Crippen molar-refractivity contribution in [3.8, 4) is 0 Å². The van der Waals surface area contributed by atoms with Gasteiger partial charge in [-0.15, -0.1) is 0 Å². The smallest absolute Gasteiger partial charge is 0.518 e. The Balaban J connectivity index is 1.93. The average molecular weight is 217 g/mol. The molecular weight excluding hydrogens is 197 g/mol. The summed E-state index contributed by atoms with van der Waals surface area (Å²) in [6, 6.07) is 0. The molecule has 2 N–H and O–H groups in total. The van der Waals surface area contributed by atoms with Gasteiger partial charge in [0.2, 0.25) is 0 Å². The van der Waals surface area contributed by atoms with Crippen LogP contribution in [0.25, 0.3) is 0 Å². The van der Waals surface area contributed by atoms with Crippen LogP contribution in [0.4, 0.5) is 0 Å². The molecule has 0 amide bonds. The highest BCUT2D eigenvalue weighted by molar-refractivity contribution is 6.53. The SMILES string of the molecule is CC1(C)CO[B-]2(OCC[NH2+]CCO2)OC1. The zero-order chi connectivity index (χ0) is 10.8. The lowest BCUT2D eigenvalue weighted by Crippen LogP contribution is -2.87. The van der Waals surface area contributed by atoms with Gasteiger partial charge in [-0.25, -0.2) is 0 Å². The molecule has 0 unspecified atom stereocenters. The summed E-state index contributed by atoms with van der Waals surface area (Å²) in [7, 11) is 0. The maximum absolute atomic E-state index is 5.64. The molecule has 6 heteroatoms. The van der Waals surface area contributed by atoms with Crippen molar-refractivity contribution in [2.75, 3.05) is 39.5 Å². The van der Waals surface area contributed by atoms with E-state index in [1.807, 2.05) is 0 Å². The summed E-state index contributed by atoms with van der Waals surface area (Å²) < 4.78 is 22.4. The van der Waals surface area contributed by atoms with E-state index in [0.717, 1.165) is 13.1 Å². The molecule has 0 saturated carbocycles. The predicted octanol–water partition coefficient (Wildman–Crippen LogP) is -0.895. The van der Waals surface area contributed by atoms with Gasteiger partial charge in [-0.3, -0.25) is 0 Å². The molecule has 0 radical (unpaired) electrons. The number of rotatable bonds is 0. The van der Waals surface area contributed by atoms with Gasteiger partial charge in [-0.2, -0.15) is 0 Å². The van der Waals surface area contributed by atoms with Crippen molar-refractivity contribution in [1.29, 1.82) is 0 Å². The zero-order valence-corrected chi connectivity index (χ0v) is 9.53. The molecule has 2 rings (SSSR count). The Morgan fingerprint density at radius 1 is 0.933 bits per heavy atom. The van der Waals surface area contributed by atoms with Crippen LogP contribution >= 0.6 is 0 Å². The average Bonchev–Trinajstić information content (AvgIpc) is 2.15. The number of hydrogen-bond donors (Lipinski definition) is 1. The highest BCUT2D eigenvalue weighted by Crippen LogP contribution is 2.27. The summed E-state index contributed by atoms with van der Waals surface area (Å²) in [5, 5.41) is 2.16. The number of hydrogen-bond acceptors (Lipinski definition) is 4. The summed E-state index contributed by atoms with van der Waals surface area (Å²) in [4.78, 5) is 0. The summed E-state index contributed by atoms with van der Waals surface area (Å²) in [6.45, 7) is 6.62. The van der Waals surface area contributed by atoms with E-state index >= 15 is 0 Å². The topological polar surface area (TPSA) is 53.5 Å². The summed E-state index contributed by atoms with van der Waals surface area (Å²) in [5.41, 5.74) is 0.0498. The molecule has 0 aromatic rings. The lowest BCUT2D eigenvalue weighted by Gasteiger charge is -2.49. The van der Waals surface area contributed by atoms with Gasteiger partial charge in [-0.05, 0) is 0 Å². The first-order chi connectivity index (χ1) is 7.12. The van der Waals surface area contributed by atoms with Gasteiger partial charge in [0.15, 0.2) is 0 Å². The molecule has 2 heterocycles. The van der Waals surface area contributed by atoms with Gasteiger partial charge >= 0.3 is 6.96 Å². The molecule has 0 atom stereocenters. The largest absolute Gasteiger partial charge is 0.531 e. The summed E-state index contributed by atoms with van der Waals surface area (Å²) >= 11 is 0. The number of nitrogens with two attached hydrogens (primary N) is 1. The minimum absolute atomic E-state index is 0.0498. The molecule has 0 aromatic heterocycles. The van der Waals surface area contributed by atoms with Gasteiger partial charge in [-0.1, -0.05) is 13.8 Å². The molecule has 0 aromatic carbocycles. The Labute approximate surface area is 90.4 Å². The second-order valence-corrected chi connectivity index (χ2v) is 4.97. The first-order valence-electron chi connectivity index (χ1n) is 5.62. The van der Waals surface area contributed by atoms with E-state index in [4.69, 9.17) is 18.6 Å². The molecule has 2 aliphatic rings. The molecule has 1 spiro atoms. The standard InChI is InChI=1S/C9H19BNO4/c1-9(2)7-14-10(15-8-9)12-5-3-11-4-6-13-10/h11H,3-8H2,1-2H3/q-1/p+1. The number of quaternary nitrogens is 1. The summed E-state index contributed by atoms with van der Waals surface area (Å²) in [6.07, 6.45) is 0. The van der Waals surface area contributed by atoms with Crippen molar-refractivity contribution in [1.82, 2.24) is 0 Å². The fourth-order valence-electron chi connectivity index (χ4n) is 1.72. The van der Waals surface area contributed by atoms with Crippen LogP contribution in [0, 0.1) is 5.41 Å². The maximum Gasteiger partial charge on any atom is 0.531 e. The lowest BCUT2D eigenvalue weighted by atomic mass is 9.90. The lowest BCUT2D eigenvalue weighted by molar-refractivity contribution is -0.658. The molecule has 2 saturated heterocycles. The van der Waals surface area contributed by atoms with Crippen LogP contribution in [0.5, 0.6) is 0 Å². The van der Waals surface area contributed by atoms with E-state index in [1.54, 1.807) is 0 Å². The van der Waals surface area contributed by atoms with Crippen molar-refractivity contribution >= 4 is 6.96 Å². The van der Waals surface area contributed by atoms with E-state index in [-0.39, 0.29) is 5.41 Å². The molecular formula is C9H20BNO4. The fraction of sp³-hybridized carbons (Fsp3) is 1.00. The van der Waals surface area contributed by atoms with Crippen LogP contribution in [-0.4, -0.2) is 46.5 Å². The second kappa shape index (κ2) is 4.39. The highest BCUT2D eigenvalue weighted by Gasteiger charge is 2.40. The quantitative estimate of drug-likeness (QED) is 0.534. The Morgan fingerprint density at radius 3 is 2.00 bits per heavy atom. The van der Waals surface area contributed by atoms with Gasteiger partial charge in [0.1, 0.15) is 0 Å². The monoisotopic (exact) mass is 217 g/mol. The molecule has 15 heavy (non-hydrogen) atoms. The Kier molecular flexibility index (Phi) is 3.32. The van der Waals surface area contributed by atoms with Crippen LogP contribution in [0.1, 0.15) is 13.8 Å². The zero-order valence-electron chi connectivity index (χ0n) is 9.53. The summed E-state index contributed by atoms with van der Waals surface area (Å²) in [5.74, 6) is 0.